The fraction of sp³-hybridized carbons (Fsp3) is 0.342. The Morgan fingerprint density at radius 1 is 1.04 bits per heavy atom. The lowest BCUT2D eigenvalue weighted by atomic mass is 9.96. The number of hydrogen-bond donors (Lipinski definition) is 0. The third-order valence-electron chi connectivity index (χ3n) is 10.0. The van der Waals surface area contributed by atoms with Gasteiger partial charge in [-0.2, -0.15) is 14.5 Å². The summed E-state index contributed by atoms with van der Waals surface area (Å²) in [6.45, 7) is 3.71. The van der Waals surface area contributed by atoms with Crippen molar-refractivity contribution < 1.29 is 31.8 Å². The summed E-state index contributed by atoms with van der Waals surface area (Å²) < 4.78 is 65.9. The molecule has 3 aromatic carbocycles. The zero-order valence-electron chi connectivity index (χ0n) is 30.2. The van der Waals surface area contributed by atoms with Crippen LogP contribution in [0.4, 0.5) is 4.39 Å². The Balaban J connectivity index is 1.33. The summed E-state index contributed by atoms with van der Waals surface area (Å²) in [4.78, 5) is 14.4. The molecule has 0 saturated carbocycles. The quantitative estimate of drug-likeness (QED) is 0.174. The van der Waals surface area contributed by atoms with Crippen LogP contribution in [0.25, 0.3) is 32.8 Å². The van der Waals surface area contributed by atoms with Crippen LogP contribution in [0, 0.1) is 12.7 Å². The van der Waals surface area contributed by atoms with E-state index in [1.54, 1.807) is 28.6 Å². The Morgan fingerprint density at radius 3 is 2.67 bits per heavy atom. The minimum absolute atomic E-state index is 0.00252. The van der Waals surface area contributed by atoms with Gasteiger partial charge in [0.1, 0.15) is 17.3 Å². The monoisotopic (exact) mass is 792 g/mol. The summed E-state index contributed by atoms with van der Waals surface area (Å²) >= 11 is 8.66. The second-order valence-electron chi connectivity index (χ2n) is 13.5. The minimum atomic E-state index is -3.77. The molecule has 0 saturated heterocycles. The predicted octanol–water partition coefficient (Wildman–Crippen LogP) is 6.85. The molecular formula is C38H38ClFN6O6S2. The van der Waals surface area contributed by atoms with Crippen molar-refractivity contribution in [3.63, 3.8) is 0 Å². The summed E-state index contributed by atoms with van der Waals surface area (Å²) in [6, 6.07) is 14.1. The minimum Gasteiger partial charge on any atom is -0.493 e. The number of aryl methyl sites for hydroxylation is 3. The van der Waals surface area contributed by atoms with Gasteiger partial charge in [-0.1, -0.05) is 11.6 Å². The molecule has 0 radical (unpaired) electrons. The number of rotatable bonds is 2. The van der Waals surface area contributed by atoms with Crippen molar-refractivity contribution in [2.45, 2.75) is 56.8 Å². The highest BCUT2D eigenvalue weighted by Crippen LogP contribution is 2.44. The summed E-state index contributed by atoms with van der Waals surface area (Å²) in [6.07, 6.45) is 1.70. The average molecular weight is 793 g/mol. The molecule has 0 N–H and O–H groups in total. The number of ether oxygens (including phenoxy) is 3. The van der Waals surface area contributed by atoms with Crippen molar-refractivity contribution in [3.8, 4) is 16.9 Å². The van der Waals surface area contributed by atoms with Gasteiger partial charge in [0.05, 0.1) is 69.9 Å². The molecule has 2 aliphatic rings. The van der Waals surface area contributed by atoms with E-state index in [0.29, 0.717) is 88.4 Å². The van der Waals surface area contributed by atoms with Crippen LogP contribution in [-0.2, 0) is 65.1 Å². The number of nitrogens with zero attached hydrogens (tertiary/aromatic N) is 6. The largest absolute Gasteiger partial charge is 0.493 e. The number of hydrogen-bond acceptors (Lipinski definition) is 9. The molecule has 8 rings (SSSR count). The molecule has 12 nitrogen and oxygen atoms in total. The zero-order chi connectivity index (χ0) is 37.9. The van der Waals surface area contributed by atoms with Gasteiger partial charge in [0.2, 0.25) is 10.0 Å². The fourth-order valence-electron chi connectivity index (χ4n) is 7.52. The lowest BCUT2D eigenvalue weighted by Gasteiger charge is -2.19. The molecule has 16 heteroatoms. The first-order valence-corrected chi connectivity index (χ1v) is 20.6. The third kappa shape index (κ3) is 6.65. The van der Waals surface area contributed by atoms with Crippen LogP contribution in [0.5, 0.6) is 5.75 Å². The molecule has 5 heterocycles. The standard InChI is InChI=1S/C38H38ClFN6O6S2/c1-22-34-31-9-8-29(39)35(34)36-30(42-46-11-13-51-20-32(36)46)19-44(54(4,48)49)18-25-16-26(43(2)41-25)21-53-27-15-23-14-24(40)6-7-28(23)33(17-27)52-12-5-10-45(31)37(22)38(47)50-3/h6-9,14-17H,5,10-13,18-21H2,1-4H3. The van der Waals surface area contributed by atoms with Crippen LogP contribution in [0.15, 0.2) is 53.4 Å². The van der Waals surface area contributed by atoms with E-state index in [2.05, 4.69) is 0 Å². The van der Waals surface area contributed by atoms with E-state index in [1.807, 2.05) is 47.5 Å². The zero-order valence-corrected chi connectivity index (χ0v) is 32.6. The average Bonchev–Trinajstić information content (AvgIpc) is 3.77. The van der Waals surface area contributed by atoms with Crippen molar-refractivity contribution in [2.24, 2.45) is 7.05 Å². The second-order valence-corrected chi connectivity index (χ2v) is 17.0. The van der Waals surface area contributed by atoms with Gasteiger partial charge in [0.15, 0.2) is 0 Å². The molecule has 0 atom stereocenters. The smallest absolute Gasteiger partial charge is 0.354 e. The maximum Gasteiger partial charge on any atom is 0.354 e. The van der Waals surface area contributed by atoms with E-state index in [1.165, 1.54) is 29.8 Å². The number of carbonyl (C=O) groups is 1. The summed E-state index contributed by atoms with van der Waals surface area (Å²) in [5.41, 5.74) is 5.83. The topological polar surface area (TPSA) is 123 Å². The maximum absolute atomic E-state index is 14.4. The van der Waals surface area contributed by atoms with Crippen LogP contribution in [-0.4, -0.2) is 69.4 Å². The molecule has 0 aliphatic carbocycles. The number of halogens is 2. The van der Waals surface area contributed by atoms with Gasteiger partial charge in [-0.25, -0.2) is 17.6 Å². The molecule has 282 valence electrons. The van der Waals surface area contributed by atoms with Gasteiger partial charge >= 0.3 is 5.97 Å². The number of aromatic nitrogens is 5. The Kier molecular flexibility index (Phi) is 9.71. The van der Waals surface area contributed by atoms with Gasteiger partial charge in [0.25, 0.3) is 0 Å². The number of sulfonamides is 1. The summed E-state index contributed by atoms with van der Waals surface area (Å²) in [5, 5.41) is 12.3. The first-order valence-electron chi connectivity index (χ1n) is 17.4. The Bertz CT molecular complexity index is 2580. The number of carbonyl (C=O) groups excluding carboxylic acids is 1. The van der Waals surface area contributed by atoms with Crippen molar-refractivity contribution in [1.82, 2.24) is 28.4 Å². The van der Waals surface area contributed by atoms with Gasteiger partial charge < -0.3 is 18.8 Å². The molecule has 54 heavy (non-hydrogen) atoms. The first kappa shape index (κ1) is 36.6. The van der Waals surface area contributed by atoms with E-state index in [4.69, 9.17) is 36.0 Å². The number of benzene rings is 3. The van der Waals surface area contributed by atoms with Crippen LogP contribution < -0.4 is 4.74 Å². The fourth-order valence-corrected chi connectivity index (χ4v) is 9.48. The highest BCUT2D eigenvalue weighted by atomic mass is 35.5. The molecule has 8 bridgehead atoms. The SMILES string of the molecule is COC(=O)c1c(C)c2c3c(Cl)ccc2n1CCCOc1cc(cc2cc(F)ccc12)SCc1cc(nn1C)CN(S(C)(=O)=O)Cc1nn2c(c1-3)COCC2. The Labute approximate surface area is 320 Å². The van der Waals surface area contributed by atoms with Gasteiger partial charge in [0, 0.05) is 62.4 Å². The van der Waals surface area contributed by atoms with Crippen LogP contribution in [0.1, 0.15) is 45.2 Å². The first-order chi connectivity index (χ1) is 25.9. The second kappa shape index (κ2) is 14.3. The molecule has 0 amide bonds. The summed E-state index contributed by atoms with van der Waals surface area (Å²) in [5.74, 6) is 0.290. The number of thioether (sulfide) groups is 1. The number of esters is 1. The molecule has 3 aromatic heterocycles. The third-order valence-corrected chi connectivity index (χ3v) is 12.6. The highest BCUT2D eigenvalue weighted by molar-refractivity contribution is 7.98. The Hall–Kier alpha value is -4.41. The van der Waals surface area contributed by atoms with Crippen molar-refractivity contribution in [2.75, 3.05) is 26.6 Å². The maximum atomic E-state index is 14.4. The lowest BCUT2D eigenvalue weighted by Crippen LogP contribution is -2.29. The van der Waals surface area contributed by atoms with E-state index >= 15 is 0 Å². The van der Waals surface area contributed by atoms with Gasteiger partial charge in [-0.3, -0.25) is 9.36 Å². The van der Waals surface area contributed by atoms with Crippen molar-refractivity contribution in [3.05, 3.63) is 93.4 Å². The molecule has 6 aromatic rings. The number of fused-ring (bicyclic) bond motifs is 10. The lowest BCUT2D eigenvalue weighted by molar-refractivity contribution is 0.0587. The van der Waals surface area contributed by atoms with E-state index in [9.17, 15) is 17.6 Å². The molecular weight excluding hydrogens is 755 g/mol. The van der Waals surface area contributed by atoms with E-state index in [0.717, 1.165) is 32.6 Å². The van der Waals surface area contributed by atoms with Gasteiger partial charge in [-0.15, -0.1) is 11.8 Å². The molecule has 0 unspecified atom stereocenters. The van der Waals surface area contributed by atoms with Crippen LogP contribution >= 0.6 is 23.4 Å². The highest BCUT2D eigenvalue weighted by Gasteiger charge is 2.32. The van der Waals surface area contributed by atoms with Crippen LogP contribution in [0.2, 0.25) is 5.02 Å². The van der Waals surface area contributed by atoms with Gasteiger partial charge in [-0.05, 0) is 72.8 Å². The van der Waals surface area contributed by atoms with Crippen molar-refractivity contribution in [1.29, 1.82) is 0 Å². The number of methoxy groups -OCH3 is 1. The molecule has 0 spiro atoms. The predicted molar refractivity (Wildman–Crippen MR) is 205 cm³/mol. The van der Waals surface area contributed by atoms with Crippen LogP contribution in [0.3, 0.4) is 0 Å². The van der Waals surface area contributed by atoms with E-state index in [-0.39, 0.29) is 25.5 Å². The van der Waals surface area contributed by atoms with Crippen molar-refractivity contribution >= 4 is 61.0 Å². The molecule has 2 aliphatic heterocycles. The summed E-state index contributed by atoms with van der Waals surface area (Å²) in [7, 11) is -0.595. The van der Waals surface area contributed by atoms with E-state index < -0.39 is 16.0 Å². The normalized spacial score (nSPS) is 15.8. The Morgan fingerprint density at radius 2 is 1.87 bits per heavy atom. The molecule has 0 fully saturated rings.